The van der Waals surface area contributed by atoms with E-state index in [4.69, 9.17) is 9.47 Å². The molecule has 2 aromatic carbocycles. The zero-order chi connectivity index (χ0) is 26.8. The van der Waals surface area contributed by atoms with Crippen LogP contribution in [0.3, 0.4) is 0 Å². The Hall–Kier alpha value is -1.79. The van der Waals surface area contributed by atoms with Crippen molar-refractivity contribution in [3.63, 3.8) is 0 Å². The van der Waals surface area contributed by atoms with Crippen LogP contribution >= 0.6 is 12.1 Å². The van der Waals surface area contributed by atoms with Gasteiger partial charge in [-0.25, -0.2) is 8.61 Å². The highest BCUT2D eigenvalue weighted by atomic mass is 32.2. The number of rotatable bonds is 7. The second-order valence-electron chi connectivity index (χ2n) is 9.33. The van der Waals surface area contributed by atoms with Gasteiger partial charge in [0.25, 0.3) is 0 Å². The van der Waals surface area contributed by atoms with Gasteiger partial charge in [-0.1, -0.05) is 37.3 Å². The highest BCUT2D eigenvalue weighted by Gasteiger charge is 2.41. The second-order valence-corrected chi connectivity index (χ2v) is 10.5. The normalized spacial score (nSPS) is 24.9. The highest BCUT2D eigenvalue weighted by molar-refractivity contribution is 7.94. The van der Waals surface area contributed by atoms with Crippen molar-refractivity contribution in [1.29, 1.82) is 0 Å². The molecule has 0 aromatic heterocycles. The molecule has 2 aromatic rings. The smallest absolute Gasteiger partial charge is 0.352 e. The third-order valence-corrected chi connectivity index (χ3v) is 8.03. The molecule has 37 heavy (non-hydrogen) atoms. The Kier molecular flexibility index (Phi) is 8.79. The molecule has 2 saturated heterocycles. The molecule has 0 amide bonds. The summed E-state index contributed by atoms with van der Waals surface area (Å²) in [6.45, 7) is 7.49. The lowest BCUT2D eigenvalue weighted by atomic mass is 9.81. The van der Waals surface area contributed by atoms with Crippen molar-refractivity contribution in [3.05, 3.63) is 70.8 Å². The third-order valence-electron chi connectivity index (χ3n) is 6.79. The molecule has 0 bridgehead atoms. The predicted octanol–water partition coefficient (Wildman–Crippen LogP) is 7.15. The minimum atomic E-state index is -4.92. The zero-order valence-electron chi connectivity index (χ0n) is 20.6. The lowest BCUT2D eigenvalue weighted by Gasteiger charge is -2.40. The minimum absolute atomic E-state index is 0.128. The van der Waals surface area contributed by atoms with Crippen molar-refractivity contribution in [2.24, 2.45) is 5.92 Å². The molecule has 4 nitrogen and oxygen atoms in total. The van der Waals surface area contributed by atoms with Crippen LogP contribution in [0.4, 0.5) is 26.3 Å². The highest BCUT2D eigenvalue weighted by Crippen LogP contribution is 2.42. The molecule has 11 heteroatoms. The Morgan fingerprint density at radius 3 is 2.16 bits per heavy atom. The molecule has 2 fully saturated rings. The van der Waals surface area contributed by atoms with Gasteiger partial charge in [0.05, 0.1) is 23.8 Å². The van der Waals surface area contributed by atoms with Crippen molar-refractivity contribution < 1.29 is 35.8 Å². The first-order valence-corrected chi connectivity index (χ1v) is 13.0. The SMILES string of the molecule is CCN1CCN(C[C@@H]2CCO[C@H](O[C@H](C)c3cc(C(F)(F)F)cc(C(F)(F)F)c3)[C@H]2c2ccccc2)S1. The van der Waals surface area contributed by atoms with Crippen LogP contribution < -0.4 is 0 Å². The van der Waals surface area contributed by atoms with E-state index in [0.29, 0.717) is 6.61 Å². The molecule has 4 atom stereocenters. The largest absolute Gasteiger partial charge is 0.416 e. The molecule has 0 radical (unpaired) electrons. The summed E-state index contributed by atoms with van der Waals surface area (Å²) in [5, 5.41) is 0. The Morgan fingerprint density at radius 2 is 1.59 bits per heavy atom. The molecular formula is C26H30F6N2O2S. The van der Waals surface area contributed by atoms with E-state index in [1.54, 1.807) is 12.1 Å². The first kappa shape index (κ1) is 28.2. The third kappa shape index (κ3) is 7.00. The lowest BCUT2D eigenvalue weighted by Crippen LogP contribution is -2.41. The number of ether oxygens (including phenoxy) is 2. The molecule has 2 aliphatic heterocycles. The molecule has 0 N–H and O–H groups in total. The van der Waals surface area contributed by atoms with Crippen molar-refractivity contribution in [2.45, 2.75) is 50.9 Å². The number of halogens is 6. The first-order valence-electron chi connectivity index (χ1n) is 12.2. The van der Waals surface area contributed by atoms with Crippen molar-refractivity contribution in [3.8, 4) is 0 Å². The van der Waals surface area contributed by atoms with E-state index in [1.807, 2.05) is 30.3 Å². The van der Waals surface area contributed by atoms with Gasteiger partial charge in [-0.05, 0) is 48.6 Å². The molecule has 204 valence electrons. The Bertz CT molecular complexity index is 1000. The monoisotopic (exact) mass is 548 g/mol. The van der Waals surface area contributed by atoms with E-state index >= 15 is 0 Å². The molecule has 0 unspecified atom stereocenters. The lowest BCUT2D eigenvalue weighted by molar-refractivity contribution is -0.209. The van der Waals surface area contributed by atoms with Crippen LogP contribution in [-0.2, 0) is 21.8 Å². The van der Waals surface area contributed by atoms with E-state index in [2.05, 4.69) is 15.5 Å². The molecule has 0 aliphatic carbocycles. The van der Waals surface area contributed by atoms with Crippen LogP contribution in [-0.4, -0.2) is 47.7 Å². The number of nitrogens with zero attached hydrogens (tertiary/aromatic N) is 2. The van der Waals surface area contributed by atoms with Crippen molar-refractivity contribution >= 4 is 12.1 Å². The van der Waals surface area contributed by atoms with Crippen LogP contribution in [0.15, 0.2) is 48.5 Å². The molecule has 2 aliphatic rings. The van der Waals surface area contributed by atoms with Gasteiger partial charge in [0.15, 0.2) is 6.29 Å². The quantitative estimate of drug-likeness (QED) is 0.270. The maximum atomic E-state index is 13.4. The van der Waals surface area contributed by atoms with Gasteiger partial charge in [-0.2, -0.15) is 26.3 Å². The zero-order valence-corrected chi connectivity index (χ0v) is 21.4. The Labute approximate surface area is 217 Å². The second kappa shape index (κ2) is 11.5. The van der Waals surface area contributed by atoms with Gasteiger partial charge in [-0.3, -0.25) is 0 Å². The van der Waals surface area contributed by atoms with Gasteiger partial charge in [-0.15, -0.1) is 0 Å². The first-order chi connectivity index (χ1) is 17.5. The summed E-state index contributed by atoms with van der Waals surface area (Å²) in [7, 11) is 0. The molecule has 4 rings (SSSR count). The van der Waals surface area contributed by atoms with Gasteiger partial charge < -0.3 is 9.47 Å². The Morgan fingerprint density at radius 1 is 0.973 bits per heavy atom. The van der Waals surface area contributed by atoms with Gasteiger partial charge in [0.1, 0.15) is 0 Å². The number of hydrogen-bond acceptors (Lipinski definition) is 5. The molecule has 0 saturated carbocycles. The van der Waals surface area contributed by atoms with Gasteiger partial charge >= 0.3 is 12.4 Å². The van der Waals surface area contributed by atoms with Crippen molar-refractivity contribution in [2.75, 3.05) is 32.8 Å². The maximum Gasteiger partial charge on any atom is 0.416 e. The van der Waals surface area contributed by atoms with E-state index in [9.17, 15) is 26.3 Å². The molecule has 0 spiro atoms. The van der Waals surface area contributed by atoms with E-state index in [-0.39, 0.29) is 23.5 Å². The summed E-state index contributed by atoms with van der Waals surface area (Å²) in [4.78, 5) is 0. The van der Waals surface area contributed by atoms with Crippen LogP contribution in [0, 0.1) is 5.92 Å². The summed E-state index contributed by atoms with van der Waals surface area (Å²) in [6, 6.07) is 11.2. The molecular weight excluding hydrogens is 518 g/mol. The minimum Gasteiger partial charge on any atom is -0.352 e. The number of hydrogen-bond donors (Lipinski definition) is 0. The summed E-state index contributed by atoms with van der Waals surface area (Å²) in [6.07, 6.45) is -11.0. The topological polar surface area (TPSA) is 24.9 Å². The number of alkyl halides is 6. The van der Waals surface area contributed by atoms with E-state index < -0.39 is 35.9 Å². The fourth-order valence-electron chi connectivity index (χ4n) is 4.84. The standard InChI is InChI=1S/C26H30F6N2O2S/c1-3-33-10-11-34(37-33)16-19-9-12-35-24(23(19)18-7-5-4-6-8-18)36-17(2)20-13-21(25(27,28)29)15-22(14-20)26(30,31)32/h4-8,13-15,17,19,23-24H,3,9-12,16H2,1-2H3/t17-,19+,23+,24-/m1/s1. The Balaban J connectivity index is 1.60. The van der Waals surface area contributed by atoms with Crippen LogP contribution in [0.1, 0.15) is 54.5 Å². The average molecular weight is 549 g/mol. The summed E-state index contributed by atoms with van der Waals surface area (Å²) in [5.41, 5.74) is -1.96. The van der Waals surface area contributed by atoms with Crippen molar-refractivity contribution in [1.82, 2.24) is 8.61 Å². The fraction of sp³-hybridized carbons (Fsp3) is 0.538. The number of likely N-dealkylation sites (N-methyl/N-ethyl adjacent to an activating group) is 1. The van der Waals surface area contributed by atoms with Crippen LogP contribution in [0.25, 0.3) is 0 Å². The predicted molar refractivity (Wildman–Crippen MR) is 129 cm³/mol. The van der Waals surface area contributed by atoms with Crippen LogP contribution in [0.5, 0.6) is 0 Å². The van der Waals surface area contributed by atoms with Gasteiger partial charge in [0, 0.05) is 44.2 Å². The number of benzene rings is 2. The van der Waals surface area contributed by atoms with Crippen LogP contribution in [0.2, 0.25) is 0 Å². The van der Waals surface area contributed by atoms with Gasteiger partial charge in [0.2, 0.25) is 0 Å². The average Bonchev–Trinajstić information content (AvgIpc) is 3.31. The summed E-state index contributed by atoms with van der Waals surface area (Å²) < 4.78 is 97.0. The summed E-state index contributed by atoms with van der Waals surface area (Å²) in [5.74, 6) is -0.105. The fourth-order valence-corrected chi connectivity index (χ4v) is 5.86. The maximum absolute atomic E-state index is 13.4. The van der Waals surface area contributed by atoms with E-state index in [0.717, 1.165) is 50.3 Å². The molecule has 2 heterocycles. The van der Waals surface area contributed by atoms with E-state index in [1.165, 1.54) is 6.92 Å². The summed E-state index contributed by atoms with van der Waals surface area (Å²) >= 11 is 1.69.